The molecule has 5 nitrogen and oxygen atoms in total. The molecule has 0 bridgehead atoms. The Morgan fingerprint density at radius 2 is 2.43 bits per heavy atom. The van der Waals surface area contributed by atoms with Crippen LogP contribution in [-0.4, -0.2) is 48.9 Å². The number of nitrogens with zero attached hydrogens (tertiary/aromatic N) is 2. The van der Waals surface area contributed by atoms with Crippen molar-refractivity contribution in [3.05, 3.63) is 29.3 Å². The molecule has 0 fully saturated rings. The van der Waals surface area contributed by atoms with Crippen LogP contribution in [0.1, 0.15) is 5.69 Å². The normalized spacial score (nSPS) is 10.8. The van der Waals surface area contributed by atoms with Crippen molar-refractivity contribution >= 4 is 29.0 Å². The lowest BCUT2D eigenvalue weighted by molar-refractivity contribution is -0.127. The monoisotopic (exact) mass is 325 g/mol. The van der Waals surface area contributed by atoms with Gasteiger partial charge in [0.25, 0.3) is 0 Å². The van der Waals surface area contributed by atoms with Gasteiger partial charge >= 0.3 is 0 Å². The van der Waals surface area contributed by atoms with Gasteiger partial charge < -0.3 is 14.7 Å². The third kappa shape index (κ3) is 4.87. The van der Waals surface area contributed by atoms with Gasteiger partial charge in [0.15, 0.2) is 5.76 Å². The van der Waals surface area contributed by atoms with Crippen molar-refractivity contribution < 1.29 is 9.32 Å². The van der Waals surface area contributed by atoms with Gasteiger partial charge in [0, 0.05) is 32.0 Å². The molecule has 114 valence electrons. The molecule has 0 spiro atoms. The van der Waals surface area contributed by atoms with Gasteiger partial charge in [-0.25, -0.2) is 0 Å². The molecule has 0 saturated carbocycles. The van der Waals surface area contributed by atoms with Crippen molar-refractivity contribution in [3.8, 4) is 10.6 Å². The van der Waals surface area contributed by atoms with E-state index in [9.17, 15) is 4.79 Å². The summed E-state index contributed by atoms with van der Waals surface area (Å²) in [4.78, 5) is 14.7. The Kier molecular flexibility index (Phi) is 6.28. The zero-order chi connectivity index (χ0) is 15.1. The fraction of sp³-hybridized carbons (Fsp3) is 0.429. The molecule has 21 heavy (non-hydrogen) atoms. The van der Waals surface area contributed by atoms with Gasteiger partial charge in [0.2, 0.25) is 5.91 Å². The van der Waals surface area contributed by atoms with Crippen LogP contribution in [0, 0.1) is 0 Å². The van der Waals surface area contributed by atoms with Crippen LogP contribution in [0.2, 0.25) is 0 Å². The molecule has 2 aromatic heterocycles. The number of rotatable bonds is 8. The summed E-state index contributed by atoms with van der Waals surface area (Å²) < 4.78 is 5.31. The number of carbonyl (C=O) groups is 1. The van der Waals surface area contributed by atoms with E-state index in [0.29, 0.717) is 11.5 Å². The molecule has 2 rings (SSSR count). The number of thioether (sulfide) groups is 1. The molecule has 0 saturated heterocycles. The first-order valence-electron chi connectivity index (χ1n) is 6.66. The summed E-state index contributed by atoms with van der Waals surface area (Å²) >= 11 is 3.18. The van der Waals surface area contributed by atoms with E-state index in [4.69, 9.17) is 4.52 Å². The van der Waals surface area contributed by atoms with Crippen molar-refractivity contribution in [2.75, 3.05) is 32.9 Å². The fourth-order valence-electron chi connectivity index (χ4n) is 1.67. The molecule has 0 atom stereocenters. The number of amides is 1. The number of likely N-dealkylation sites (N-methyl/N-ethyl adjacent to an activating group) is 2. The summed E-state index contributed by atoms with van der Waals surface area (Å²) in [6.07, 6.45) is 0. The van der Waals surface area contributed by atoms with E-state index < -0.39 is 0 Å². The molecule has 2 aromatic rings. The van der Waals surface area contributed by atoms with E-state index >= 15 is 0 Å². The SMILES string of the molecule is CNCCN(C)C(=O)CSCc1cc(-c2cccs2)on1. The largest absolute Gasteiger partial charge is 0.355 e. The Bertz CT molecular complexity index is 554. The maximum absolute atomic E-state index is 11.9. The third-order valence-electron chi connectivity index (χ3n) is 2.92. The number of carbonyl (C=O) groups excluding carboxylic acids is 1. The molecular weight excluding hydrogens is 306 g/mol. The number of hydrogen-bond donors (Lipinski definition) is 1. The van der Waals surface area contributed by atoms with Gasteiger partial charge in [0.05, 0.1) is 16.3 Å². The predicted octanol–water partition coefficient (Wildman–Crippen LogP) is 2.31. The van der Waals surface area contributed by atoms with Crippen LogP contribution in [-0.2, 0) is 10.5 Å². The molecule has 0 aliphatic carbocycles. The summed E-state index contributed by atoms with van der Waals surface area (Å²) in [7, 11) is 3.70. The quantitative estimate of drug-likeness (QED) is 0.807. The van der Waals surface area contributed by atoms with E-state index in [1.54, 1.807) is 28.0 Å². The molecule has 0 radical (unpaired) electrons. The van der Waals surface area contributed by atoms with Crippen molar-refractivity contribution in [1.29, 1.82) is 0 Å². The van der Waals surface area contributed by atoms with Crippen molar-refractivity contribution in [3.63, 3.8) is 0 Å². The number of hydrogen-bond acceptors (Lipinski definition) is 6. The highest BCUT2D eigenvalue weighted by atomic mass is 32.2. The first-order valence-corrected chi connectivity index (χ1v) is 8.70. The third-order valence-corrected chi connectivity index (χ3v) is 4.76. The second kappa shape index (κ2) is 8.21. The summed E-state index contributed by atoms with van der Waals surface area (Å²) in [5, 5.41) is 9.07. The van der Waals surface area contributed by atoms with Gasteiger partial charge in [-0.2, -0.15) is 0 Å². The van der Waals surface area contributed by atoms with Gasteiger partial charge in [-0.15, -0.1) is 23.1 Å². The van der Waals surface area contributed by atoms with Crippen molar-refractivity contribution in [1.82, 2.24) is 15.4 Å². The highest BCUT2D eigenvalue weighted by molar-refractivity contribution is 7.99. The second-order valence-corrected chi connectivity index (χ2v) is 6.50. The van der Waals surface area contributed by atoms with Gasteiger partial charge in [-0.05, 0) is 18.5 Å². The highest BCUT2D eigenvalue weighted by Crippen LogP contribution is 2.26. The maximum atomic E-state index is 11.9. The Balaban J connectivity index is 1.75. The summed E-state index contributed by atoms with van der Waals surface area (Å²) in [5.41, 5.74) is 0.870. The molecule has 1 N–H and O–H groups in total. The fourth-order valence-corrected chi connectivity index (χ4v) is 3.19. The smallest absolute Gasteiger partial charge is 0.232 e. The average molecular weight is 325 g/mol. The van der Waals surface area contributed by atoms with Crippen molar-refractivity contribution in [2.45, 2.75) is 5.75 Å². The van der Waals surface area contributed by atoms with E-state index in [2.05, 4.69) is 10.5 Å². The molecule has 0 aliphatic heterocycles. The minimum absolute atomic E-state index is 0.136. The topological polar surface area (TPSA) is 58.4 Å². The van der Waals surface area contributed by atoms with Crippen molar-refractivity contribution in [2.24, 2.45) is 0 Å². The molecule has 0 aliphatic rings. The molecule has 0 aromatic carbocycles. The molecule has 1 amide bonds. The lowest BCUT2D eigenvalue weighted by Gasteiger charge is -2.16. The number of thiophene rings is 1. The Morgan fingerprint density at radius 1 is 1.57 bits per heavy atom. The Hall–Kier alpha value is -1.31. The Labute approximate surface area is 132 Å². The molecule has 0 unspecified atom stereocenters. The van der Waals surface area contributed by atoms with Crippen LogP contribution >= 0.6 is 23.1 Å². The minimum atomic E-state index is 0.136. The number of nitrogens with one attached hydrogen (secondary N) is 1. The second-order valence-electron chi connectivity index (χ2n) is 4.57. The maximum Gasteiger partial charge on any atom is 0.232 e. The summed E-state index contributed by atoms with van der Waals surface area (Å²) in [5.74, 6) is 2.07. The van der Waals surface area contributed by atoms with Crippen LogP contribution in [0.25, 0.3) is 10.6 Å². The average Bonchev–Trinajstić information content (AvgIpc) is 3.15. The highest BCUT2D eigenvalue weighted by Gasteiger charge is 2.10. The minimum Gasteiger partial charge on any atom is -0.355 e. The molecule has 2 heterocycles. The van der Waals surface area contributed by atoms with Gasteiger partial charge in [0.1, 0.15) is 0 Å². The standard InChI is InChI=1S/C14H19N3O2S2/c1-15-5-6-17(2)14(18)10-20-9-11-8-12(19-16-11)13-4-3-7-21-13/h3-4,7-8,15H,5-6,9-10H2,1-2H3. The molecular formula is C14H19N3O2S2. The predicted molar refractivity (Wildman–Crippen MR) is 87.5 cm³/mol. The van der Waals surface area contributed by atoms with Gasteiger partial charge in [-0.1, -0.05) is 11.2 Å². The van der Waals surface area contributed by atoms with Crippen LogP contribution in [0.15, 0.2) is 28.1 Å². The van der Waals surface area contributed by atoms with E-state index in [1.807, 2.05) is 37.7 Å². The van der Waals surface area contributed by atoms with Gasteiger partial charge in [-0.3, -0.25) is 4.79 Å². The first kappa shape index (κ1) is 16.1. The zero-order valence-corrected chi connectivity index (χ0v) is 13.8. The number of aromatic nitrogens is 1. The first-order chi connectivity index (χ1) is 10.2. The van der Waals surface area contributed by atoms with E-state index in [0.717, 1.165) is 29.4 Å². The molecule has 7 heteroatoms. The van der Waals surface area contributed by atoms with E-state index in [-0.39, 0.29) is 5.91 Å². The van der Waals surface area contributed by atoms with Crippen LogP contribution in [0.4, 0.5) is 0 Å². The lowest BCUT2D eigenvalue weighted by atomic mass is 10.3. The summed E-state index contributed by atoms with van der Waals surface area (Å²) in [6.45, 7) is 1.53. The van der Waals surface area contributed by atoms with Crippen LogP contribution in [0.5, 0.6) is 0 Å². The summed E-state index contributed by atoms with van der Waals surface area (Å²) in [6, 6.07) is 5.92. The lowest BCUT2D eigenvalue weighted by Crippen LogP contribution is -2.33. The zero-order valence-electron chi connectivity index (χ0n) is 12.2. The van der Waals surface area contributed by atoms with E-state index in [1.165, 1.54) is 0 Å². The Morgan fingerprint density at radius 3 is 3.14 bits per heavy atom. The van der Waals surface area contributed by atoms with Crippen LogP contribution in [0.3, 0.4) is 0 Å². The van der Waals surface area contributed by atoms with Crippen LogP contribution < -0.4 is 5.32 Å².